The Morgan fingerprint density at radius 2 is 1.62 bits per heavy atom. The van der Waals surface area contributed by atoms with Crippen molar-refractivity contribution in [3.8, 4) is 0 Å². The number of benzene rings is 2. The van der Waals surface area contributed by atoms with Crippen LogP contribution in [0.4, 0.5) is 18.9 Å². The largest absolute Gasteiger partial charge is 0.417 e. The molecule has 0 unspecified atom stereocenters. The highest BCUT2D eigenvalue weighted by atomic mass is 35.5. The Morgan fingerprint density at radius 3 is 2.25 bits per heavy atom. The number of hydrogen-bond acceptors (Lipinski definition) is 1. The highest BCUT2D eigenvalue weighted by Gasteiger charge is 2.33. The summed E-state index contributed by atoms with van der Waals surface area (Å²) < 4.78 is 38.3. The van der Waals surface area contributed by atoms with Crippen molar-refractivity contribution >= 4 is 52.5 Å². The standard InChI is InChI=1S/C16H9Cl3F3NO/c17-12-4-1-9(7-11(12)16(20,21)22)2-6-15(24)23-10-3-5-13(18)14(19)8-10/h1-8H,(H,23,24)/b6-2+. The van der Waals surface area contributed by atoms with Crippen LogP contribution >= 0.6 is 34.8 Å². The predicted molar refractivity (Wildman–Crippen MR) is 90.6 cm³/mol. The lowest BCUT2D eigenvalue weighted by Gasteiger charge is -2.09. The molecule has 2 aromatic rings. The van der Waals surface area contributed by atoms with Crippen molar-refractivity contribution in [3.05, 3.63) is 68.7 Å². The zero-order valence-corrected chi connectivity index (χ0v) is 14.1. The molecule has 1 amide bonds. The summed E-state index contributed by atoms with van der Waals surface area (Å²) in [5.74, 6) is -0.531. The molecule has 0 saturated heterocycles. The summed E-state index contributed by atoms with van der Waals surface area (Å²) in [6.45, 7) is 0. The van der Waals surface area contributed by atoms with Crippen molar-refractivity contribution in [2.24, 2.45) is 0 Å². The first kappa shape index (κ1) is 18.6. The Labute approximate surface area is 150 Å². The molecule has 126 valence electrons. The van der Waals surface area contributed by atoms with Crippen LogP contribution in [0.25, 0.3) is 6.08 Å². The highest BCUT2D eigenvalue weighted by molar-refractivity contribution is 6.42. The molecule has 0 aliphatic rings. The Hall–Kier alpha value is -1.69. The lowest BCUT2D eigenvalue weighted by atomic mass is 10.1. The van der Waals surface area contributed by atoms with Crippen LogP contribution in [0.3, 0.4) is 0 Å². The van der Waals surface area contributed by atoms with E-state index in [4.69, 9.17) is 34.8 Å². The van der Waals surface area contributed by atoms with Gasteiger partial charge in [0.25, 0.3) is 0 Å². The van der Waals surface area contributed by atoms with Crippen LogP contribution in [0, 0.1) is 0 Å². The number of alkyl halides is 3. The van der Waals surface area contributed by atoms with Crippen LogP contribution in [0.5, 0.6) is 0 Å². The zero-order chi connectivity index (χ0) is 17.9. The Balaban J connectivity index is 2.12. The molecule has 2 rings (SSSR count). The van der Waals surface area contributed by atoms with Crippen molar-refractivity contribution in [1.82, 2.24) is 0 Å². The first-order chi connectivity index (χ1) is 11.2. The molecule has 2 aromatic carbocycles. The Bertz CT molecular complexity index is 804. The van der Waals surface area contributed by atoms with Gasteiger partial charge in [-0.25, -0.2) is 0 Å². The molecule has 0 aromatic heterocycles. The third-order valence-corrected chi connectivity index (χ3v) is 3.98. The van der Waals surface area contributed by atoms with E-state index in [1.807, 2.05) is 0 Å². The molecule has 0 bridgehead atoms. The van der Waals surface area contributed by atoms with Crippen LogP contribution in [0.15, 0.2) is 42.5 Å². The van der Waals surface area contributed by atoms with Crippen LogP contribution in [-0.2, 0) is 11.0 Å². The van der Waals surface area contributed by atoms with Gasteiger partial charge in [-0.1, -0.05) is 40.9 Å². The van der Waals surface area contributed by atoms with E-state index in [0.717, 1.165) is 18.2 Å². The molecule has 0 heterocycles. The first-order valence-corrected chi connectivity index (χ1v) is 7.61. The maximum absolute atomic E-state index is 12.8. The third-order valence-electron chi connectivity index (χ3n) is 2.91. The minimum Gasteiger partial charge on any atom is -0.322 e. The summed E-state index contributed by atoms with van der Waals surface area (Å²) in [5.41, 5.74) is -0.363. The second-order valence-corrected chi connectivity index (χ2v) is 5.91. The second kappa shape index (κ2) is 7.47. The van der Waals surface area contributed by atoms with Crippen molar-refractivity contribution in [2.45, 2.75) is 6.18 Å². The molecular weight excluding hydrogens is 386 g/mol. The van der Waals surface area contributed by atoms with Crippen LogP contribution < -0.4 is 5.32 Å². The summed E-state index contributed by atoms with van der Waals surface area (Å²) in [5, 5.41) is 2.72. The average Bonchev–Trinajstić information content (AvgIpc) is 2.49. The predicted octanol–water partition coefficient (Wildman–Crippen LogP) is 6.32. The number of anilines is 1. The van der Waals surface area contributed by atoms with Gasteiger partial charge in [-0.05, 0) is 42.0 Å². The molecule has 0 aliphatic carbocycles. The average molecular weight is 395 g/mol. The van der Waals surface area contributed by atoms with Crippen LogP contribution in [0.2, 0.25) is 15.1 Å². The number of carbonyl (C=O) groups is 1. The van der Waals surface area contributed by atoms with E-state index in [9.17, 15) is 18.0 Å². The number of carbonyl (C=O) groups excluding carboxylic acids is 1. The Morgan fingerprint density at radius 1 is 0.958 bits per heavy atom. The molecular formula is C16H9Cl3F3NO. The van der Waals surface area contributed by atoms with Gasteiger partial charge < -0.3 is 5.32 Å². The summed E-state index contributed by atoms with van der Waals surface area (Å²) >= 11 is 17.1. The Kier molecular flexibility index (Phi) is 5.80. The molecule has 8 heteroatoms. The van der Waals surface area contributed by atoms with E-state index < -0.39 is 22.7 Å². The van der Waals surface area contributed by atoms with Gasteiger partial charge in [0.15, 0.2) is 0 Å². The molecule has 24 heavy (non-hydrogen) atoms. The number of amides is 1. The number of halogens is 6. The van der Waals surface area contributed by atoms with E-state index in [1.165, 1.54) is 24.3 Å². The quantitative estimate of drug-likeness (QED) is 0.607. The minimum atomic E-state index is -4.57. The van der Waals surface area contributed by atoms with Gasteiger partial charge in [0.05, 0.1) is 20.6 Å². The van der Waals surface area contributed by atoms with Gasteiger partial charge in [0, 0.05) is 11.8 Å². The minimum absolute atomic E-state index is 0.191. The second-order valence-electron chi connectivity index (χ2n) is 4.69. The van der Waals surface area contributed by atoms with Crippen LogP contribution in [-0.4, -0.2) is 5.91 Å². The fraction of sp³-hybridized carbons (Fsp3) is 0.0625. The van der Waals surface area contributed by atoms with Gasteiger partial charge in [0.2, 0.25) is 5.91 Å². The molecule has 0 radical (unpaired) electrons. The maximum Gasteiger partial charge on any atom is 0.417 e. The van der Waals surface area contributed by atoms with Gasteiger partial charge >= 0.3 is 6.18 Å². The van der Waals surface area contributed by atoms with Crippen molar-refractivity contribution < 1.29 is 18.0 Å². The van der Waals surface area contributed by atoms with E-state index >= 15 is 0 Å². The lowest BCUT2D eigenvalue weighted by Crippen LogP contribution is -2.08. The SMILES string of the molecule is O=C(/C=C/c1ccc(Cl)c(C(F)(F)F)c1)Nc1ccc(Cl)c(Cl)c1. The monoisotopic (exact) mass is 393 g/mol. The lowest BCUT2D eigenvalue weighted by molar-refractivity contribution is -0.137. The van der Waals surface area contributed by atoms with Crippen molar-refractivity contribution in [1.29, 1.82) is 0 Å². The molecule has 0 spiro atoms. The molecule has 1 N–H and O–H groups in total. The van der Waals surface area contributed by atoms with Gasteiger partial charge in [0.1, 0.15) is 0 Å². The van der Waals surface area contributed by atoms with E-state index in [0.29, 0.717) is 10.7 Å². The van der Waals surface area contributed by atoms with Crippen molar-refractivity contribution in [2.75, 3.05) is 5.32 Å². The fourth-order valence-electron chi connectivity index (χ4n) is 1.79. The maximum atomic E-state index is 12.8. The third kappa shape index (κ3) is 4.90. The molecule has 0 fully saturated rings. The van der Waals surface area contributed by atoms with Gasteiger partial charge in [-0.2, -0.15) is 13.2 Å². The number of nitrogens with one attached hydrogen (secondary N) is 1. The van der Waals surface area contributed by atoms with E-state index in [2.05, 4.69) is 5.32 Å². The zero-order valence-electron chi connectivity index (χ0n) is 11.8. The number of rotatable bonds is 3. The smallest absolute Gasteiger partial charge is 0.322 e. The van der Waals surface area contributed by atoms with Gasteiger partial charge in [-0.15, -0.1) is 0 Å². The molecule has 2 nitrogen and oxygen atoms in total. The van der Waals surface area contributed by atoms with E-state index in [-0.39, 0.29) is 10.6 Å². The molecule has 0 aliphatic heterocycles. The normalized spacial score (nSPS) is 11.8. The summed E-state index contributed by atoms with van der Waals surface area (Å²) in [6, 6.07) is 7.88. The van der Waals surface area contributed by atoms with E-state index in [1.54, 1.807) is 6.07 Å². The summed E-state index contributed by atoms with van der Waals surface area (Å²) in [7, 11) is 0. The number of hydrogen-bond donors (Lipinski definition) is 1. The van der Waals surface area contributed by atoms with Crippen LogP contribution in [0.1, 0.15) is 11.1 Å². The molecule has 0 saturated carbocycles. The summed E-state index contributed by atoms with van der Waals surface area (Å²) in [4.78, 5) is 11.8. The van der Waals surface area contributed by atoms with Crippen molar-refractivity contribution in [3.63, 3.8) is 0 Å². The van der Waals surface area contributed by atoms with Gasteiger partial charge in [-0.3, -0.25) is 4.79 Å². The first-order valence-electron chi connectivity index (χ1n) is 6.47. The highest BCUT2D eigenvalue weighted by Crippen LogP contribution is 2.35. The fourth-order valence-corrected chi connectivity index (χ4v) is 2.32. The summed E-state index contributed by atoms with van der Waals surface area (Å²) in [6.07, 6.45) is -2.21. The molecule has 0 atom stereocenters. The topological polar surface area (TPSA) is 29.1 Å².